The van der Waals surface area contributed by atoms with Gasteiger partial charge in [-0.1, -0.05) is 0 Å². The van der Waals surface area contributed by atoms with E-state index in [9.17, 15) is 24.0 Å². The number of carbonyl (C=O) groups excluding carboxylic acids is 5. The second-order valence-electron chi connectivity index (χ2n) is 6.28. The molecule has 2 saturated heterocycles. The largest absolute Gasteiger partial charge is 0.463 e. The van der Waals surface area contributed by atoms with E-state index in [2.05, 4.69) is 10.6 Å². The molecule has 29 heavy (non-hydrogen) atoms. The minimum absolute atomic E-state index is 0.133. The van der Waals surface area contributed by atoms with Crippen LogP contribution in [0.4, 0.5) is 0 Å². The topological polar surface area (TPSA) is 156 Å². The highest BCUT2D eigenvalue weighted by Crippen LogP contribution is 2.36. The van der Waals surface area contributed by atoms with Gasteiger partial charge in [0.05, 0.1) is 0 Å². The smallest absolute Gasteiger partial charge is 0.303 e. The molecule has 0 aliphatic carbocycles. The van der Waals surface area contributed by atoms with Crippen LogP contribution < -0.4 is 10.6 Å². The first kappa shape index (κ1) is 22.5. The highest BCUT2D eigenvalue weighted by Gasteiger charge is 2.66. The van der Waals surface area contributed by atoms with Crippen molar-refractivity contribution in [2.45, 2.75) is 57.8 Å². The van der Waals surface area contributed by atoms with Gasteiger partial charge in [-0.3, -0.25) is 29.3 Å². The Labute approximate surface area is 170 Å². The molecule has 2 rings (SSSR count). The SMILES string of the molecule is CC(=O)OC[C@H]1O[C@@]2(NC(=S)NC2=O)[C@H](OC(C)=O)[C@@H](OC(C)=O)[C@@H]1OC(C)=O. The third kappa shape index (κ3) is 4.98. The van der Waals surface area contributed by atoms with E-state index in [0.717, 1.165) is 27.7 Å². The van der Waals surface area contributed by atoms with E-state index in [4.69, 9.17) is 35.9 Å². The van der Waals surface area contributed by atoms with Gasteiger partial charge in [-0.05, 0) is 12.2 Å². The summed E-state index contributed by atoms with van der Waals surface area (Å²) in [5.74, 6) is -3.92. The van der Waals surface area contributed by atoms with Crippen molar-refractivity contribution in [3.63, 3.8) is 0 Å². The maximum Gasteiger partial charge on any atom is 0.303 e. The van der Waals surface area contributed by atoms with Crippen molar-refractivity contribution in [1.29, 1.82) is 0 Å². The summed E-state index contributed by atoms with van der Waals surface area (Å²) in [5, 5.41) is 4.74. The number of carbonyl (C=O) groups is 5. The first-order valence-corrected chi connectivity index (χ1v) is 8.83. The summed E-state index contributed by atoms with van der Waals surface area (Å²) in [4.78, 5) is 59.0. The van der Waals surface area contributed by atoms with Crippen molar-refractivity contribution in [2.75, 3.05) is 6.61 Å². The van der Waals surface area contributed by atoms with Crippen LogP contribution in [0.1, 0.15) is 27.7 Å². The molecular formula is C16H20N2O10S. The molecule has 160 valence electrons. The van der Waals surface area contributed by atoms with Crippen LogP contribution in [0.3, 0.4) is 0 Å². The van der Waals surface area contributed by atoms with Crippen LogP contribution in [-0.2, 0) is 47.7 Å². The standard InChI is InChI=1S/C16H20N2O10S/c1-6(19)24-5-10-11(25-7(2)20)12(26-8(3)21)13(27-9(4)22)16(28-10)14(23)17-15(29)18-16/h10-13H,5H2,1-4H3,(H2,17,18,23,29)/t10-,11-,12+,13-,16+/m1/s1. The summed E-state index contributed by atoms with van der Waals surface area (Å²) in [6.07, 6.45) is -5.69. The molecule has 2 aliphatic heterocycles. The van der Waals surface area contributed by atoms with Gasteiger partial charge in [-0.25, -0.2) is 0 Å². The lowest BCUT2D eigenvalue weighted by Crippen LogP contribution is -2.73. The van der Waals surface area contributed by atoms with Gasteiger partial charge in [0.25, 0.3) is 11.6 Å². The molecule has 0 bridgehead atoms. The normalized spacial score (nSPS) is 30.8. The van der Waals surface area contributed by atoms with Crippen LogP contribution in [0, 0.1) is 0 Å². The Bertz CT molecular complexity index is 756. The first-order valence-electron chi connectivity index (χ1n) is 8.42. The van der Waals surface area contributed by atoms with Gasteiger partial charge in [-0.15, -0.1) is 0 Å². The van der Waals surface area contributed by atoms with E-state index in [1.165, 1.54) is 0 Å². The number of hydrogen-bond acceptors (Lipinski definition) is 11. The molecule has 0 saturated carbocycles. The monoisotopic (exact) mass is 432 g/mol. The fourth-order valence-corrected chi connectivity index (χ4v) is 3.28. The van der Waals surface area contributed by atoms with Gasteiger partial charge in [0.15, 0.2) is 23.4 Å². The molecule has 5 atom stereocenters. The summed E-state index contributed by atoms with van der Waals surface area (Å²) in [6.45, 7) is 3.91. The van der Waals surface area contributed by atoms with Crippen molar-refractivity contribution in [2.24, 2.45) is 0 Å². The lowest BCUT2D eigenvalue weighted by atomic mass is 9.89. The van der Waals surface area contributed by atoms with Crippen LogP contribution >= 0.6 is 12.2 Å². The summed E-state index contributed by atoms with van der Waals surface area (Å²) < 4.78 is 26.4. The van der Waals surface area contributed by atoms with Gasteiger partial charge in [-0.2, -0.15) is 0 Å². The van der Waals surface area contributed by atoms with E-state index < -0.39 is 66.5 Å². The average molecular weight is 432 g/mol. The molecule has 0 aromatic rings. The minimum Gasteiger partial charge on any atom is -0.463 e. The van der Waals surface area contributed by atoms with E-state index >= 15 is 0 Å². The summed E-state index contributed by atoms with van der Waals surface area (Å²) in [6, 6.07) is 0. The first-order chi connectivity index (χ1) is 13.5. The van der Waals surface area contributed by atoms with Crippen molar-refractivity contribution in [3.8, 4) is 0 Å². The van der Waals surface area contributed by atoms with Gasteiger partial charge in [0, 0.05) is 27.7 Å². The van der Waals surface area contributed by atoms with Crippen molar-refractivity contribution in [3.05, 3.63) is 0 Å². The summed E-state index contributed by atoms with van der Waals surface area (Å²) in [5.41, 5.74) is -2.11. The second-order valence-corrected chi connectivity index (χ2v) is 6.69. The van der Waals surface area contributed by atoms with Gasteiger partial charge >= 0.3 is 23.9 Å². The quantitative estimate of drug-likeness (QED) is 0.293. The molecule has 0 radical (unpaired) electrons. The van der Waals surface area contributed by atoms with E-state index in [1.54, 1.807) is 0 Å². The van der Waals surface area contributed by atoms with E-state index in [1.807, 2.05) is 0 Å². The van der Waals surface area contributed by atoms with Crippen LogP contribution in [0.15, 0.2) is 0 Å². The Hall–Kier alpha value is -2.80. The third-order valence-electron chi connectivity index (χ3n) is 3.94. The number of rotatable bonds is 5. The Morgan fingerprint density at radius 2 is 1.52 bits per heavy atom. The van der Waals surface area contributed by atoms with Gasteiger partial charge in [0.2, 0.25) is 0 Å². The Kier molecular flexibility index (Phi) is 6.74. The molecule has 2 heterocycles. The highest BCUT2D eigenvalue weighted by atomic mass is 32.1. The fraction of sp³-hybridized carbons (Fsp3) is 0.625. The highest BCUT2D eigenvalue weighted by molar-refractivity contribution is 7.80. The van der Waals surface area contributed by atoms with Crippen LogP contribution in [-0.4, -0.2) is 71.6 Å². The van der Waals surface area contributed by atoms with Gasteiger partial charge < -0.3 is 29.0 Å². The molecule has 13 heteroatoms. The maximum atomic E-state index is 12.7. The molecule has 0 aromatic heterocycles. The maximum absolute atomic E-state index is 12.7. The molecule has 1 spiro atoms. The number of hydrogen-bond donors (Lipinski definition) is 2. The zero-order valence-electron chi connectivity index (χ0n) is 16.0. The third-order valence-corrected chi connectivity index (χ3v) is 4.14. The van der Waals surface area contributed by atoms with Crippen molar-refractivity contribution in [1.82, 2.24) is 10.6 Å². The molecule has 0 unspecified atom stereocenters. The van der Waals surface area contributed by atoms with Crippen molar-refractivity contribution >= 4 is 47.1 Å². The summed E-state index contributed by atoms with van der Waals surface area (Å²) >= 11 is 4.94. The van der Waals surface area contributed by atoms with Gasteiger partial charge in [0.1, 0.15) is 12.7 Å². The molecule has 12 nitrogen and oxygen atoms in total. The predicted molar refractivity (Wildman–Crippen MR) is 94.8 cm³/mol. The molecule has 2 fully saturated rings. The molecule has 0 aromatic carbocycles. The Balaban J connectivity index is 2.56. The van der Waals surface area contributed by atoms with E-state index in [0.29, 0.717) is 0 Å². The lowest BCUT2D eigenvalue weighted by molar-refractivity contribution is -0.279. The fourth-order valence-electron chi connectivity index (χ4n) is 3.04. The number of esters is 4. The number of nitrogens with one attached hydrogen (secondary N) is 2. The molecule has 2 N–H and O–H groups in total. The van der Waals surface area contributed by atoms with Crippen LogP contribution in [0.2, 0.25) is 0 Å². The number of ether oxygens (including phenoxy) is 5. The minimum atomic E-state index is -2.11. The van der Waals surface area contributed by atoms with E-state index in [-0.39, 0.29) is 5.11 Å². The number of thiocarbonyl (C=S) groups is 1. The zero-order valence-corrected chi connectivity index (χ0v) is 16.8. The zero-order chi connectivity index (χ0) is 21.9. The number of amides is 1. The molecule has 1 amide bonds. The van der Waals surface area contributed by atoms with Crippen LogP contribution in [0.5, 0.6) is 0 Å². The predicted octanol–water partition coefficient (Wildman–Crippen LogP) is -1.56. The summed E-state index contributed by atoms with van der Waals surface area (Å²) in [7, 11) is 0. The van der Waals surface area contributed by atoms with Crippen LogP contribution in [0.25, 0.3) is 0 Å². The Morgan fingerprint density at radius 3 is 1.97 bits per heavy atom. The molecular weight excluding hydrogens is 412 g/mol. The Morgan fingerprint density at radius 1 is 0.966 bits per heavy atom. The average Bonchev–Trinajstić information content (AvgIpc) is 2.85. The van der Waals surface area contributed by atoms with Crippen molar-refractivity contribution < 1.29 is 47.7 Å². The molecule has 2 aliphatic rings. The second kappa shape index (κ2) is 8.69. The lowest BCUT2D eigenvalue weighted by Gasteiger charge is -2.47.